The van der Waals surface area contributed by atoms with Crippen molar-refractivity contribution in [3.63, 3.8) is 0 Å². The molecule has 2 amide bonds. The molecule has 0 aliphatic carbocycles. The molecule has 30 heavy (non-hydrogen) atoms. The van der Waals surface area contributed by atoms with Crippen molar-refractivity contribution in [1.29, 1.82) is 0 Å². The number of hydrogen-bond acceptors (Lipinski definition) is 4. The first-order valence-electron chi connectivity index (χ1n) is 10.3. The van der Waals surface area contributed by atoms with Crippen LogP contribution in [0.4, 0.5) is 5.82 Å². The molecule has 0 radical (unpaired) electrons. The van der Waals surface area contributed by atoms with E-state index in [9.17, 15) is 14.4 Å². The predicted octanol–water partition coefficient (Wildman–Crippen LogP) is 2.10. The minimum atomic E-state index is -0.293. The van der Waals surface area contributed by atoms with E-state index < -0.39 is 0 Å². The number of anilines is 1. The monoisotopic (exact) mass is 407 g/mol. The maximum absolute atomic E-state index is 13.0. The van der Waals surface area contributed by atoms with E-state index in [-0.39, 0.29) is 30.0 Å². The average molecular weight is 407 g/mol. The zero-order chi connectivity index (χ0) is 21.1. The molecule has 1 aliphatic rings. The lowest BCUT2D eigenvalue weighted by molar-refractivity contribution is -0.135. The summed E-state index contributed by atoms with van der Waals surface area (Å²) in [5.74, 6) is -0.0688. The van der Waals surface area contributed by atoms with Crippen LogP contribution in [-0.2, 0) is 22.7 Å². The molecule has 2 aromatic heterocycles. The Labute approximate surface area is 174 Å². The number of imidazole rings is 1. The SMILES string of the molecule is CCn1c(=O)n(CC(=O)N2CCC[C@@H](C(=O)Nc3ccccn3)C2)c2ccccc21. The number of benzene rings is 1. The number of piperidine rings is 1. The fourth-order valence-electron chi connectivity index (χ4n) is 4.05. The van der Waals surface area contributed by atoms with Gasteiger partial charge in [-0.25, -0.2) is 9.78 Å². The van der Waals surface area contributed by atoms with E-state index in [1.54, 1.807) is 27.8 Å². The summed E-state index contributed by atoms with van der Waals surface area (Å²) < 4.78 is 3.20. The highest BCUT2D eigenvalue weighted by Crippen LogP contribution is 2.19. The summed E-state index contributed by atoms with van der Waals surface area (Å²) in [7, 11) is 0. The number of carbonyl (C=O) groups excluding carboxylic acids is 2. The van der Waals surface area contributed by atoms with Crippen molar-refractivity contribution in [3.8, 4) is 0 Å². The molecule has 3 aromatic rings. The van der Waals surface area contributed by atoms with Crippen molar-refractivity contribution in [2.75, 3.05) is 18.4 Å². The number of rotatable bonds is 5. The largest absolute Gasteiger partial charge is 0.340 e. The van der Waals surface area contributed by atoms with Crippen LogP contribution in [0.5, 0.6) is 0 Å². The van der Waals surface area contributed by atoms with Crippen molar-refractivity contribution in [3.05, 3.63) is 59.1 Å². The maximum atomic E-state index is 13.0. The van der Waals surface area contributed by atoms with E-state index in [1.165, 1.54) is 4.57 Å². The lowest BCUT2D eigenvalue weighted by Gasteiger charge is -2.32. The lowest BCUT2D eigenvalue weighted by Crippen LogP contribution is -2.45. The van der Waals surface area contributed by atoms with Crippen LogP contribution in [0, 0.1) is 5.92 Å². The van der Waals surface area contributed by atoms with Gasteiger partial charge in [0.2, 0.25) is 11.8 Å². The molecule has 1 fully saturated rings. The molecule has 1 saturated heterocycles. The smallest absolute Gasteiger partial charge is 0.329 e. The number of carbonyl (C=O) groups is 2. The first kappa shape index (κ1) is 19.9. The van der Waals surface area contributed by atoms with Gasteiger partial charge in [-0.1, -0.05) is 18.2 Å². The van der Waals surface area contributed by atoms with E-state index in [4.69, 9.17) is 0 Å². The molecule has 156 valence electrons. The number of likely N-dealkylation sites (tertiary alicyclic amines) is 1. The number of nitrogens with one attached hydrogen (secondary N) is 1. The van der Waals surface area contributed by atoms with E-state index in [0.29, 0.717) is 25.5 Å². The van der Waals surface area contributed by atoms with Gasteiger partial charge < -0.3 is 10.2 Å². The number of hydrogen-bond donors (Lipinski definition) is 1. The van der Waals surface area contributed by atoms with Crippen molar-refractivity contribution < 1.29 is 9.59 Å². The van der Waals surface area contributed by atoms with Crippen molar-refractivity contribution >= 4 is 28.7 Å². The first-order chi connectivity index (χ1) is 14.6. The third-order valence-corrected chi connectivity index (χ3v) is 5.60. The molecular weight excluding hydrogens is 382 g/mol. The summed E-state index contributed by atoms with van der Waals surface area (Å²) >= 11 is 0. The van der Waals surface area contributed by atoms with Gasteiger partial charge in [-0.15, -0.1) is 0 Å². The van der Waals surface area contributed by atoms with Crippen molar-refractivity contribution in [1.82, 2.24) is 19.0 Å². The maximum Gasteiger partial charge on any atom is 0.329 e. The lowest BCUT2D eigenvalue weighted by atomic mass is 9.97. The molecule has 3 heterocycles. The van der Waals surface area contributed by atoms with Crippen LogP contribution in [0.2, 0.25) is 0 Å². The Kier molecular flexibility index (Phi) is 5.65. The van der Waals surface area contributed by atoms with Gasteiger partial charge in [0.25, 0.3) is 0 Å². The molecule has 0 saturated carbocycles. The Morgan fingerprint density at radius 3 is 2.53 bits per heavy atom. The Hall–Kier alpha value is -3.42. The molecular formula is C22H25N5O3. The van der Waals surface area contributed by atoms with Gasteiger partial charge in [0.05, 0.1) is 17.0 Å². The van der Waals surface area contributed by atoms with Crippen LogP contribution in [0.1, 0.15) is 19.8 Å². The number of nitrogens with zero attached hydrogens (tertiary/aromatic N) is 4. The fourth-order valence-corrected chi connectivity index (χ4v) is 4.05. The highest BCUT2D eigenvalue weighted by Gasteiger charge is 2.29. The van der Waals surface area contributed by atoms with E-state index in [2.05, 4.69) is 10.3 Å². The molecule has 8 heteroatoms. The Bertz CT molecular complexity index is 1120. The van der Waals surface area contributed by atoms with Gasteiger partial charge in [0.1, 0.15) is 12.4 Å². The first-order valence-corrected chi connectivity index (χ1v) is 10.3. The molecule has 8 nitrogen and oxygen atoms in total. The van der Waals surface area contributed by atoms with Crippen LogP contribution < -0.4 is 11.0 Å². The second-order valence-electron chi connectivity index (χ2n) is 7.48. The van der Waals surface area contributed by atoms with Gasteiger partial charge in [0.15, 0.2) is 0 Å². The zero-order valence-electron chi connectivity index (χ0n) is 17.0. The second kappa shape index (κ2) is 8.52. The standard InChI is InChI=1S/C22H25N5O3/c1-2-26-17-9-3-4-10-18(17)27(22(26)30)15-20(28)25-13-7-8-16(14-25)21(29)24-19-11-5-6-12-23-19/h3-6,9-12,16H,2,7-8,13-15H2,1H3,(H,23,24,29)/t16-/m1/s1. The van der Waals surface area contributed by atoms with E-state index in [1.807, 2.05) is 37.3 Å². The van der Waals surface area contributed by atoms with Gasteiger partial charge in [0, 0.05) is 25.8 Å². The summed E-state index contributed by atoms with van der Waals surface area (Å²) in [5, 5.41) is 2.82. The summed E-state index contributed by atoms with van der Waals surface area (Å²) in [4.78, 5) is 44.2. The molecule has 1 aromatic carbocycles. The summed E-state index contributed by atoms with van der Waals surface area (Å²) in [6.07, 6.45) is 3.09. The number of aromatic nitrogens is 3. The molecule has 0 unspecified atom stereocenters. The molecule has 0 bridgehead atoms. The van der Waals surface area contributed by atoms with Gasteiger partial charge in [-0.3, -0.25) is 18.7 Å². The number of para-hydroxylation sites is 2. The van der Waals surface area contributed by atoms with Gasteiger partial charge in [-0.2, -0.15) is 0 Å². The number of amides is 2. The summed E-state index contributed by atoms with van der Waals surface area (Å²) in [5.41, 5.74) is 1.39. The summed E-state index contributed by atoms with van der Waals surface area (Å²) in [6.45, 7) is 3.36. The molecule has 0 spiro atoms. The highest BCUT2D eigenvalue weighted by atomic mass is 16.2. The molecule has 4 rings (SSSR count). The van der Waals surface area contributed by atoms with Crippen LogP contribution >= 0.6 is 0 Å². The van der Waals surface area contributed by atoms with Gasteiger partial charge >= 0.3 is 5.69 Å². The number of fused-ring (bicyclic) bond motifs is 1. The van der Waals surface area contributed by atoms with Crippen LogP contribution in [0.15, 0.2) is 53.5 Å². The van der Waals surface area contributed by atoms with E-state index >= 15 is 0 Å². The fraction of sp³-hybridized carbons (Fsp3) is 0.364. The van der Waals surface area contributed by atoms with Crippen LogP contribution in [0.3, 0.4) is 0 Å². The van der Waals surface area contributed by atoms with Crippen LogP contribution in [-0.4, -0.2) is 43.9 Å². The topological polar surface area (TPSA) is 89.2 Å². The predicted molar refractivity (Wildman–Crippen MR) is 114 cm³/mol. The Balaban J connectivity index is 1.48. The van der Waals surface area contributed by atoms with Crippen molar-refractivity contribution in [2.24, 2.45) is 5.92 Å². The normalized spacial score (nSPS) is 16.6. The zero-order valence-corrected chi connectivity index (χ0v) is 17.0. The third kappa shape index (κ3) is 3.85. The molecule has 1 N–H and O–H groups in total. The Morgan fingerprint density at radius 2 is 1.83 bits per heavy atom. The number of pyridine rings is 1. The Morgan fingerprint density at radius 1 is 1.10 bits per heavy atom. The molecule has 1 atom stereocenters. The minimum absolute atomic E-state index is 0.0269. The third-order valence-electron chi connectivity index (χ3n) is 5.60. The average Bonchev–Trinajstić information content (AvgIpc) is 3.05. The van der Waals surface area contributed by atoms with Crippen molar-refractivity contribution in [2.45, 2.75) is 32.9 Å². The molecule has 1 aliphatic heterocycles. The highest BCUT2D eigenvalue weighted by molar-refractivity contribution is 5.92. The minimum Gasteiger partial charge on any atom is -0.340 e. The van der Waals surface area contributed by atoms with Gasteiger partial charge in [-0.05, 0) is 44.0 Å². The van der Waals surface area contributed by atoms with Crippen LogP contribution in [0.25, 0.3) is 11.0 Å². The quantitative estimate of drug-likeness (QED) is 0.701. The van der Waals surface area contributed by atoms with E-state index in [0.717, 1.165) is 23.9 Å². The number of aryl methyl sites for hydroxylation is 1. The summed E-state index contributed by atoms with van der Waals surface area (Å²) in [6, 6.07) is 12.8. The second-order valence-corrected chi connectivity index (χ2v) is 7.48.